The molecule has 1 heterocycles. The molecule has 0 saturated heterocycles. The van der Waals surface area contributed by atoms with Gasteiger partial charge in [-0.15, -0.1) is 0 Å². The summed E-state index contributed by atoms with van der Waals surface area (Å²) in [6, 6.07) is 8.34. The van der Waals surface area contributed by atoms with Crippen LogP contribution >= 0.6 is 0 Å². The summed E-state index contributed by atoms with van der Waals surface area (Å²) in [5, 5.41) is 1.14. The van der Waals surface area contributed by atoms with Gasteiger partial charge in [0.1, 0.15) is 11.8 Å². The molecule has 0 radical (unpaired) electrons. The number of para-hydroxylation sites is 1. The van der Waals surface area contributed by atoms with Crippen molar-refractivity contribution < 1.29 is 4.42 Å². The zero-order valence-corrected chi connectivity index (χ0v) is 9.10. The largest absolute Gasteiger partial charge is 0.462 e. The first-order valence-corrected chi connectivity index (χ1v) is 5.13. The minimum Gasteiger partial charge on any atom is -0.462 e. The molecule has 1 unspecified atom stereocenters. The standard InChI is InChI=1S/C12H16N2O/c1-9(7-13)14(2)11-8-15-12-6-4-3-5-10(11)12/h3-6,8-9H,7,13H2,1-2H3. The molecule has 0 fully saturated rings. The Labute approximate surface area is 89.5 Å². The van der Waals surface area contributed by atoms with E-state index in [4.69, 9.17) is 10.2 Å². The summed E-state index contributed by atoms with van der Waals surface area (Å²) in [4.78, 5) is 2.14. The number of nitrogens with zero attached hydrogens (tertiary/aromatic N) is 1. The van der Waals surface area contributed by atoms with E-state index in [1.807, 2.05) is 25.2 Å². The minimum absolute atomic E-state index is 0.311. The Morgan fingerprint density at radius 2 is 2.13 bits per heavy atom. The Morgan fingerprint density at radius 1 is 1.40 bits per heavy atom. The maximum absolute atomic E-state index is 5.65. The van der Waals surface area contributed by atoms with Crippen molar-refractivity contribution in [1.29, 1.82) is 0 Å². The third kappa shape index (κ3) is 1.70. The van der Waals surface area contributed by atoms with Gasteiger partial charge in [-0.1, -0.05) is 12.1 Å². The van der Waals surface area contributed by atoms with Crippen molar-refractivity contribution in [1.82, 2.24) is 0 Å². The third-order valence-electron chi connectivity index (χ3n) is 2.84. The number of nitrogens with two attached hydrogens (primary N) is 1. The molecule has 0 saturated carbocycles. The second-order valence-electron chi connectivity index (χ2n) is 3.81. The van der Waals surface area contributed by atoms with E-state index in [0.717, 1.165) is 16.7 Å². The number of benzene rings is 1. The predicted molar refractivity (Wildman–Crippen MR) is 63.1 cm³/mol. The van der Waals surface area contributed by atoms with Gasteiger partial charge >= 0.3 is 0 Å². The second-order valence-corrected chi connectivity index (χ2v) is 3.81. The van der Waals surface area contributed by atoms with Crippen LogP contribution in [-0.4, -0.2) is 19.6 Å². The van der Waals surface area contributed by atoms with Gasteiger partial charge < -0.3 is 15.1 Å². The molecular weight excluding hydrogens is 188 g/mol. The van der Waals surface area contributed by atoms with E-state index < -0.39 is 0 Å². The Bertz CT molecular complexity index is 450. The lowest BCUT2D eigenvalue weighted by atomic mass is 10.2. The molecule has 0 aliphatic carbocycles. The molecule has 0 amide bonds. The Balaban J connectivity index is 2.43. The van der Waals surface area contributed by atoms with E-state index in [9.17, 15) is 0 Å². The van der Waals surface area contributed by atoms with Crippen LogP contribution in [0.25, 0.3) is 11.0 Å². The lowest BCUT2D eigenvalue weighted by Crippen LogP contribution is -2.35. The van der Waals surface area contributed by atoms with Crippen molar-refractivity contribution in [2.75, 3.05) is 18.5 Å². The van der Waals surface area contributed by atoms with E-state index in [2.05, 4.69) is 17.9 Å². The molecule has 2 rings (SSSR count). The summed E-state index contributed by atoms with van der Waals surface area (Å²) in [6.07, 6.45) is 1.79. The SMILES string of the molecule is CC(CN)N(C)c1coc2ccccc12. The fourth-order valence-electron chi connectivity index (χ4n) is 1.63. The molecule has 15 heavy (non-hydrogen) atoms. The first-order chi connectivity index (χ1) is 7.24. The van der Waals surface area contributed by atoms with Gasteiger partial charge in [-0.05, 0) is 19.1 Å². The van der Waals surface area contributed by atoms with Crippen molar-refractivity contribution in [3.05, 3.63) is 30.5 Å². The average Bonchev–Trinajstić information content (AvgIpc) is 2.70. The molecule has 1 aromatic carbocycles. The molecule has 2 aromatic rings. The minimum atomic E-state index is 0.311. The van der Waals surface area contributed by atoms with Gasteiger partial charge in [-0.3, -0.25) is 0 Å². The van der Waals surface area contributed by atoms with Gasteiger partial charge in [-0.2, -0.15) is 0 Å². The van der Waals surface area contributed by atoms with Gasteiger partial charge in [0.25, 0.3) is 0 Å². The highest BCUT2D eigenvalue weighted by Gasteiger charge is 2.13. The van der Waals surface area contributed by atoms with Crippen molar-refractivity contribution in [3.63, 3.8) is 0 Å². The topological polar surface area (TPSA) is 42.4 Å². The van der Waals surface area contributed by atoms with Crippen LogP contribution in [0.2, 0.25) is 0 Å². The highest BCUT2D eigenvalue weighted by Crippen LogP contribution is 2.28. The number of fused-ring (bicyclic) bond motifs is 1. The van der Waals surface area contributed by atoms with Crippen molar-refractivity contribution in [3.8, 4) is 0 Å². The number of furan rings is 1. The smallest absolute Gasteiger partial charge is 0.136 e. The molecule has 0 aliphatic heterocycles. The van der Waals surface area contributed by atoms with E-state index in [-0.39, 0.29) is 0 Å². The maximum Gasteiger partial charge on any atom is 0.136 e. The molecule has 0 spiro atoms. The van der Waals surface area contributed by atoms with Crippen LogP contribution < -0.4 is 10.6 Å². The monoisotopic (exact) mass is 204 g/mol. The Morgan fingerprint density at radius 3 is 2.87 bits per heavy atom. The number of hydrogen-bond acceptors (Lipinski definition) is 3. The summed E-state index contributed by atoms with van der Waals surface area (Å²) in [7, 11) is 2.04. The van der Waals surface area contributed by atoms with Crippen molar-refractivity contribution >= 4 is 16.7 Å². The molecule has 1 atom stereocenters. The maximum atomic E-state index is 5.65. The van der Waals surface area contributed by atoms with Crippen molar-refractivity contribution in [2.24, 2.45) is 5.73 Å². The Kier molecular flexibility index (Phi) is 2.64. The van der Waals surface area contributed by atoms with Crippen LogP contribution in [-0.2, 0) is 0 Å². The number of anilines is 1. The second kappa shape index (κ2) is 3.95. The van der Waals surface area contributed by atoms with Gasteiger partial charge in [0.05, 0.1) is 5.69 Å². The molecule has 1 aromatic heterocycles. The summed E-state index contributed by atoms with van der Waals surface area (Å²) >= 11 is 0. The van der Waals surface area contributed by atoms with Gasteiger partial charge in [-0.25, -0.2) is 0 Å². The molecule has 80 valence electrons. The molecule has 0 aliphatic rings. The van der Waals surface area contributed by atoms with Crippen LogP contribution in [0.1, 0.15) is 6.92 Å². The van der Waals surface area contributed by atoms with Crippen LogP contribution in [0, 0.1) is 0 Å². The highest BCUT2D eigenvalue weighted by molar-refractivity contribution is 5.90. The lowest BCUT2D eigenvalue weighted by molar-refractivity contribution is 0.609. The average molecular weight is 204 g/mol. The van der Waals surface area contributed by atoms with Gasteiger partial charge in [0, 0.05) is 25.0 Å². The molecule has 3 nitrogen and oxygen atoms in total. The van der Waals surface area contributed by atoms with E-state index in [0.29, 0.717) is 12.6 Å². The van der Waals surface area contributed by atoms with Crippen LogP contribution in [0.15, 0.2) is 34.9 Å². The molecular formula is C12H16N2O. The predicted octanol–water partition coefficient (Wildman–Crippen LogP) is 2.22. The molecule has 3 heteroatoms. The lowest BCUT2D eigenvalue weighted by Gasteiger charge is -2.24. The quantitative estimate of drug-likeness (QED) is 0.833. The fraction of sp³-hybridized carbons (Fsp3) is 0.333. The third-order valence-corrected chi connectivity index (χ3v) is 2.84. The van der Waals surface area contributed by atoms with Gasteiger partial charge in [0.2, 0.25) is 0 Å². The van der Waals surface area contributed by atoms with E-state index in [1.54, 1.807) is 6.26 Å². The van der Waals surface area contributed by atoms with Crippen molar-refractivity contribution in [2.45, 2.75) is 13.0 Å². The fourth-order valence-corrected chi connectivity index (χ4v) is 1.63. The number of rotatable bonds is 3. The summed E-state index contributed by atoms with van der Waals surface area (Å²) < 4.78 is 5.48. The number of hydrogen-bond donors (Lipinski definition) is 1. The summed E-state index contributed by atoms with van der Waals surface area (Å²) in [6.45, 7) is 2.73. The Hall–Kier alpha value is -1.48. The first-order valence-electron chi connectivity index (χ1n) is 5.13. The normalized spacial score (nSPS) is 13.0. The van der Waals surface area contributed by atoms with Crippen LogP contribution in [0.4, 0.5) is 5.69 Å². The summed E-state index contributed by atoms with van der Waals surface area (Å²) in [5.41, 5.74) is 7.67. The molecule has 0 bridgehead atoms. The summed E-state index contributed by atoms with van der Waals surface area (Å²) in [5.74, 6) is 0. The van der Waals surface area contributed by atoms with Gasteiger partial charge in [0.15, 0.2) is 0 Å². The zero-order chi connectivity index (χ0) is 10.8. The first kappa shape index (κ1) is 10.1. The van der Waals surface area contributed by atoms with Crippen LogP contribution in [0.5, 0.6) is 0 Å². The number of likely N-dealkylation sites (N-methyl/N-ethyl adjacent to an activating group) is 1. The van der Waals surface area contributed by atoms with Crippen LogP contribution in [0.3, 0.4) is 0 Å². The highest BCUT2D eigenvalue weighted by atomic mass is 16.3. The van der Waals surface area contributed by atoms with E-state index >= 15 is 0 Å². The zero-order valence-electron chi connectivity index (χ0n) is 9.10. The van der Waals surface area contributed by atoms with E-state index in [1.165, 1.54) is 0 Å². The molecule has 2 N–H and O–H groups in total.